The Balaban J connectivity index is 1.96. The van der Waals surface area contributed by atoms with E-state index in [4.69, 9.17) is 5.73 Å². The van der Waals surface area contributed by atoms with E-state index in [1.807, 2.05) is 36.7 Å². The summed E-state index contributed by atoms with van der Waals surface area (Å²) in [6.07, 6.45) is 0. The molecule has 1 aromatic heterocycles. The smallest absolute Gasteiger partial charge is 0.234 e. The van der Waals surface area contributed by atoms with E-state index in [1.54, 1.807) is 11.9 Å². The Hall–Kier alpha value is -2.67. The van der Waals surface area contributed by atoms with Gasteiger partial charge in [-0.2, -0.15) is 5.10 Å². The van der Waals surface area contributed by atoms with Crippen molar-refractivity contribution in [2.45, 2.75) is 26.9 Å². The summed E-state index contributed by atoms with van der Waals surface area (Å²) in [6.45, 7) is 5.23. The Labute approximate surface area is 147 Å². The topological polar surface area (TPSA) is 93.2 Å². The van der Waals surface area contributed by atoms with Gasteiger partial charge in [-0.3, -0.25) is 19.2 Å². The molecule has 7 heteroatoms. The number of benzene rings is 1. The van der Waals surface area contributed by atoms with Gasteiger partial charge in [0.2, 0.25) is 11.8 Å². The molecule has 7 nitrogen and oxygen atoms in total. The second-order valence-electron chi connectivity index (χ2n) is 6.21. The molecular formula is C18H25N5O2. The summed E-state index contributed by atoms with van der Waals surface area (Å²) in [5.41, 5.74) is 9.25. The Morgan fingerprint density at radius 2 is 1.88 bits per heavy atom. The summed E-state index contributed by atoms with van der Waals surface area (Å²) in [6, 6.07) is 10.1. The predicted molar refractivity (Wildman–Crippen MR) is 95.8 cm³/mol. The summed E-state index contributed by atoms with van der Waals surface area (Å²) >= 11 is 0. The first-order valence-electron chi connectivity index (χ1n) is 8.17. The van der Waals surface area contributed by atoms with Gasteiger partial charge in [-0.25, -0.2) is 0 Å². The molecule has 0 radical (unpaired) electrons. The standard InChI is InChI=1S/C18H25N5O2/c1-13-16(9-20-18(25)12-22(3)11-17(19)24)14(2)23(21-13)10-15-7-5-4-6-8-15/h4-8H,9-12H2,1-3H3,(H2,19,24)(H,20,25). The van der Waals surface area contributed by atoms with E-state index < -0.39 is 5.91 Å². The molecule has 2 rings (SSSR count). The van der Waals surface area contributed by atoms with Crippen LogP contribution in [0.4, 0.5) is 0 Å². The minimum atomic E-state index is -0.454. The van der Waals surface area contributed by atoms with Gasteiger partial charge < -0.3 is 11.1 Å². The van der Waals surface area contributed by atoms with Gasteiger partial charge >= 0.3 is 0 Å². The summed E-state index contributed by atoms with van der Waals surface area (Å²) in [5.74, 6) is -0.609. The van der Waals surface area contributed by atoms with E-state index in [0.717, 1.165) is 17.0 Å². The van der Waals surface area contributed by atoms with Gasteiger partial charge in [0.25, 0.3) is 0 Å². The number of rotatable bonds is 8. The van der Waals surface area contributed by atoms with E-state index in [9.17, 15) is 9.59 Å². The van der Waals surface area contributed by atoms with Crippen molar-refractivity contribution in [1.82, 2.24) is 20.0 Å². The van der Waals surface area contributed by atoms with Gasteiger partial charge in [-0.1, -0.05) is 30.3 Å². The highest BCUT2D eigenvalue weighted by molar-refractivity contribution is 5.80. The molecule has 2 aromatic rings. The van der Waals surface area contributed by atoms with Crippen LogP contribution in [0.2, 0.25) is 0 Å². The maximum Gasteiger partial charge on any atom is 0.234 e. The molecule has 0 aliphatic heterocycles. The number of nitrogens with zero attached hydrogens (tertiary/aromatic N) is 3. The minimum absolute atomic E-state index is 0.0560. The SMILES string of the molecule is Cc1nn(Cc2ccccc2)c(C)c1CNC(=O)CN(C)CC(N)=O. The lowest BCUT2D eigenvalue weighted by Crippen LogP contribution is -2.39. The number of hydrogen-bond donors (Lipinski definition) is 2. The molecular weight excluding hydrogens is 318 g/mol. The lowest BCUT2D eigenvalue weighted by molar-refractivity contribution is -0.123. The maximum absolute atomic E-state index is 12.0. The normalized spacial score (nSPS) is 10.9. The summed E-state index contributed by atoms with van der Waals surface area (Å²) < 4.78 is 1.95. The van der Waals surface area contributed by atoms with Crippen LogP contribution in [0.3, 0.4) is 0 Å². The number of primary amides is 1. The van der Waals surface area contributed by atoms with Crippen molar-refractivity contribution in [3.63, 3.8) is 0 Å². The number of carbonyl (C=O) groups is 2. The first kappa shape index (κ1) is 18.7. The van der Waals surface area contributed by atoms with Crippen molar-refractivity contribution in [1.29, 1.82) is 0 Å². The van der Waals surface area contributed by atoms with Gasteiger partial charge in [0.1, 0.15) is 0 Å². The number of amides is 2. The molecule has 3 N–H and O–H groups in total. The number of aromatic nitrogens is 2. The van der Waals surface area contributed by atoms with Gasteiger partial charge in [0, 0.05) is 17.8 Å². The third-order valence-electron chi connectivity index (χ3n) is 4.01. The number of nitrogens with one attached hydrogen (secondary N) is 1. The zero-order valence-corrected chi connectivity index (χ0v) is 15.0. The van der Waals surface area contributed by atoms with Crippen molar-refractivity contribution in [2.24, 2.45) is 5.73 Å². The van der Waals surface area contributed by atoms with Crippen molar-refractivity contribution in [3.05, 3.63) is 52.8 Å². The first-order valence-corrected chi connectivity index (χ1v) is 8.17. The zero-order valence-electron chi connectivity index (χ0n) is 15.0. The molecule has 25 heavy (non-hydrogen) atoms. The van der Waals surface area contributed by atoms with Gasteiger partial charge in [0.15, 0.2) is 0 Å². The number of nitrogens with two attached hydrogens (primary N) is 1. The van der Waals surface area contributed by atoms with Crippen molar-refractivity contribution in [3.8, 4) is 0 Å². The Bertz CT molecular complexity index is 739. The second kappa shape index (κ2) is 8.43. The molecule has 0 aliphatic carbocycles. The van der Waals surface area contributed by atoms with Crippen LogP contribution in [0, 0.1) is 13.8 Å². The van der Waals surface area contributed by atoms with E-state index in [0.29, 0.717) is 13.1 Å². The molecule has 0 fully saturated rings. The Morgan fingerprint density at radius 3 is 2.52 bits per heavy atom. The molecule has 1 heterocycles. The van der Waals surface area contributed by atoms with Crippen molar-refractivity contribution in [2.75, 3.05) is 20.1 Å². The van der Waals surface area contributed by atoms with Crippen LogP contribution in [0.25, 0.3) is 0 Å². The van der Waals surface area contributed by atoms with Gasteiger partial charge in [-0.15, -0.1) is 0 Å². The molecule has 0 bridgehead atoms. The highest BCUT2D eigenvalue weighted by Crippen LogP contribution is 2.14. The van der Waals surface area contributed by atoms with E-state index >= 15 is 0 Å². The molecule has 0 spiro atoms. The van der Waals surface area contributed by atoms with Crippen molar-refractivity contribution < 1.29 is 9.59 Å². The molecule has 0 unspecified atom stereocenters. The third kappa shape index (κ3) is 5.42. The van der Waals surface area contributed by atoms with Crippen LogP contribution in [0.5, 0.6) is 0 Å². The lowest BCUT2D eigenvalue weighted by Gasteiger charge is -2.14. The molecule has 2 amide bonds. The third-order valence-corrected chi connectivity index (χ3v) is 4.01. The predicted octanol–water partition coefficient (Wildman–Crippen LogP) is 0.582. The van der Waals surface area contributed by atoms with Crippen LogP contribution in [0.15, 0.2) is 30.3 Å². The molecule has 1 aromatic carbocycles. The average molecular weight is 343 g/mol. The fourth-order valence-electron chi connectivity index (χ4n) is 2.71. The van der Waals surface area contributed by atoms with E-state index in [-0.39, 0.29) is 19.0 Å². The van der Waals surface area contributed by atoms with Crippen molar-refractivity contribution >= 4 is 11.8 Å². The fraction of sp³-hybridized carbons (Fsp3) is 0.389. The highest BCUT2D eigenvalue weighted by Gasteiger charge is 2.14. The highest BCUT2D eigenvalue weighted by atomic mass is 16.2. The second-order valence-corrected chi connectivity index (χ2v) is 6.21. The largest absolute Gasteiger partial charge is 0.369 e. The lowest BCUT2D eigenvalue weighted by atomic mass is 10.2. The Morgan fingerprint density at radius 1 is 1.20 bits per heavy atom. The summed E-state index contributed by atoms with van der Waals surface area (Å²) in [5, 5.41) is 7.45. The van der Waals surface area contributed by atoms with Crippen LogP contribution >= 0.6 is 0 Å². The maximum atomic E-state index is 12.0. The number of hydrogen-bond acceptors (Lipinski definition) is 4. The molecule has 0 saturated carbocycles. The van der Waals surface area contributed by atoms with Crippen LogP contribution in [-0.4, -0.2) is 46.6 Å². The fourth-order valence-corrected chi connectivity index (χ4v) is 2.71. The van der Waals surface area contributed by atoms with Gasteiger partial charge in [-0.05, 0) is 26.5 Å². The quantitative estimate of drug-likeness (QED) is 0.733. The molecule has 134 valence electrons. The monoisotopic (exact) mass is 343 g/mol. The van der Waals surface area contributed by atoms with Crippen LogP contribution in [-0.2, 0) is 22.7 Å². The Kier molecular flexibility index (Phi) is 6.30. The number of aryl methyl sites for hydroxylation is 1. The van der Waals surface area contributed by atoms with Gasteiger partial charge in [0.05, 0.1) is 25.3 Å². The zero-order chi connectivity index (χ0) is 18.4. The molecule has 0 saturated heterocycles. The van der Waals surface area contributed by atoms with E-state index in [1.165, 1.54) is 5.56 Å². The molecule has 0 atom stereocenters. The van der Waals surface area contributed by atoms with E-state index in [2.05, 4.69) is 22.5 Å². The minimum Gasteiger partial charge on any atom is -0.369 e. The average Bonchev–Trinajstić information content (AvgIpc) is 2.79. The number of likely N-dealkylation sites (N-methyl/N-ethyl adjacent to an activating group) is 1. The molecule has 0 aliphatic rings. The van der Waals surface area contributed by atoms with Crippen LogP contribution in [0.1, 0.15) is 22.5 Å². The number of carbonyl (C=O) groups excluding carboxylic acids is 2. The van der Waals surface area contributed by atoms with Crippen LogP contribution < -0.4 is 11.1 Å². The summed E-state index contributed by atoms with van der Waals surface area (Å²) in [7, 11) is 1.68. The summed E-state index contributed by atoms with van der Waals surface area (Å²) in [4.78, 5) is 24.4. The first-order chi connectivity index (χ1) is 11.9.